The molecule has 6 nitrogen and oxygen atoms in total. The summed E-state index contributed by atoms with van der Waals surface area (Å²) in [5, 5.41) is 21.2. The quantitative estimate of drug-likeness (QED) is 0.504. The first-order chi connectivity index (χ1) is 12.7. The molecule has 2 aromatic rings. The van der Waals surface area contributed by atoms with Crippen LogP contribution in [-0.2, 0) is 9.53 Å². The maximum absolute atomic E-state index is 12.3. The van der Waals surface area contributed by atoms with Crippen LogP contribution in [0.15, 0.2) is 54.1 Å². The molecule has 26 heavy (non-hydrogen) atoms. The largest absolute Gasteiger partial charge is 0.508 e. The van der Waals surface area contributed by atoms with Gasteiger partial charge < -0.3 is 20.1 Å². The molecule has 0 atom stereocenters. The van der Waals surface area contributed by atoms with Crippen molar-refractivity contribution in [1.82, 2.24) is 0 Å². The zero-order valence-electron chi connectivity index (χ0n) is 14.2. The van der Waals surface area contributed by atoms with E-state index in [4.69, 9.17) is 4.74 Å². The standard InChI is InChI=1S/C20H19N3O3/c21-14-16(20(25)22-17-3-7-19(24)8-4-17)13-15-1-5-18(6-2-15)23-9-11-26-12-10-23/h1-8,13,24H,9-12H2,(H,22,25)/b16-13-. The molecule has 0 radical (unpaired) electrons. The van der Waals surface area contributed by atoms with Crippen molar-refractivity contribution in [3.8, 4) is 11.8 Å². The molecule has 6 heteroatoms. The van der Waals surface area contributed by atoms with E-state index in [0.29, 0.717) is 5.69 Å². The number of nitrogens with one attached hydrogen (secondary N) is 1. The Morgan fingerprint density at radius 3 is 2.38 bits per heavy atom. The lowest BCUT2D eigenvalue weighted by Crippen LogP contribution is -2.36. The summed E-state index contributed by atoms with van der Waals surface area (Å²) in [5.74, 6) is -0.380. The number of nitrogens with zero attached hydrogens (tertiary/aromatic N) is 2. The second kappa shape index (κ2) is 8.19. The minimum Gasteiger partial charge on any atom is -0.508 e. The number of rotatable bonds is 4. The van der Waals surface area contributed by atoms with Crippen LogP contribution in [0.2, 0.25) is 0 Å². The van der Waals surface area contributed by atoms with Crippen molar-refractivity contribution < 1.29 is 14.6 Å². The molecule has 132 valence electrons. The Kier molecular flexibility index (Phi) is 5.52. The molecule has 1 heterocycles. The highest BCUT2D eigenvalue weighted by molar-refractivity contribution is 6.09. The SMILES string of the molecule is N#C/C(=C/c1ccc(N2CCOCC2)cc1)C(=O)Nc1ccc(O)cc1. The zero-order chi connectivity index (χ0) is 18.4. The van der Waals surface area contributed by atoms with E-state index in [0.717, 1.165) is 37.6 Å². The number of ether oxygens (including phenoxy) is 1. The van der Waals surface area contributed by atoms with E-state index in [2.05, 4.69) is 10.2 Å². The highest BCUT2D eigenvalue weighted by Crippen LogP contribution is 2.19. The first-order valence-corrected chi connectivity index (χ1v) is 8.30. The molecule has 3 rings (SSSR count). The van der Waals surface area contributed by atoms with Crippen molar-refractivity contribution in [1.29, 1.82) is 5.26 Å². The van der Waals surface area contributed by atoms with Crippen LogP contribution < -0.4 is 10.2 Å². The number of carbonyl (C=O) groups excluding carboxylic acids is 1. The van der Waals surface area contributed by atoms with E-state index < -0.39 is 5.91 Å². The predicted molar refractivity (Wildman–Crippen MR) is 99.8 cm³/mol. The zero-order valence-corrected chi connectivity index (χ0v) is 14.2. The molecule has 1 aliphatic heterocycles. The van der Waals surface area contributed by atoms with Gasteiger partial charge in [-0.3, -0.25) is 4.79 Å². The second-order valence-corrected chi connectivity index (χ2v) is 5.86. The Bertz CT molecular complexity index is 830. The molecule has 0 spiro atoms. The first-order valence-electron chi connectivity index (χ1n) is 8.30. The van der Waals surface area contributed by atoms with Crippen molar-refractivity contribution in [2.45, 2.75) is 0 Å². The third-order valence-electron chi connectivity index (χ3n) is 4.07. The molecule has 2 aromatic carbocycles. The molecule has 0 bridgehead atoms. The van der Waals surface area contributed by atoms with Gasteiger partial charge in [0, 0.05) is 24.5 Å². The highest BCUT2D eigenvalue weighted by atomic mass is 16.5. The van der Waals surface area contributed by atoms with E-state index in [9.17, 15) is 15.2 Å². The van der Waals surface area contributed by atoms with Gasteiger partial charge in [0.05, 0.1) is 13.2 Å². The van der Waals surface area contributed by atoms with Crippen LogP contribution in [0.25, 0.3) is 6.08 Å². The summed E-state index contributed by atoms with van der Waals surface area (Å²) in [6.07, 6.45) is 1.55. The maximum atomic E-state index is 12.3. The van der Waals surface area contributed by atoms with Crippen molar-refractivity contribution in [2.24, 2.45) is 0 Å². The monoisotopic (exact) mass is 349 g/mol. The number of phenols is 1. The molecule has 0 aromatic heterocycles. The number of hydrogen-bond donors (Lipinski definition) is 2. The lowest BCUT2D eigenvalue weighted by molar-refractivity contribution is -0.112. The average molecular weight is 349 g/mol. The van der Waals surface area contributed by atoms with E-state index >= 15 is 0 Å². The molecular weight excluding hydrogens is 330 g/mol. The summed E-state index contributed by atoms with van der Waals surface area (Å²) < 4.78 is 5.35. The number of anilines is 2. The van der Waals surface area contributed by atoms with Gasteiger partial charge in [-0.15, -0.1) is 0 Å². The van der Waals surface area contributed by atoms with Gasteiger partial charge in [-0.05, 0) is 48.0 Å². The van der Waals surface area contributed by atoms with Crippen molar-refractivity contribution >= 4 is 23.4 Å². The highest BCUT2D eigenvalue weighted by Gasteiger charge is 2.12. The van der Waals surface area contributed by atoms with Gasteiger partial charge in [0.1, 0.15) is 17.4 Å². The van der Waals surface area contributed by atoms with Gasteiger partial charge >= 0.3 is 0 Å². The van der Waals surface area contributed by atoms with Crippen LogP contribution in [0.1, 0.15) is 5.56 Å². The van der Waals surface area contributed by atoms with Gasteiger partial charge in [0.25, 0.3) is 5.91 Å². The van der Waals surface area contributed by atoms with Crippen LogP contribution in [-0.4, -0.2) is 37.3 Å². The number of morpholine rings is 1. The Morgan fingerprint density at radius 1 is 1.12 bits per heavy atom. The van der Waals surface area contributed by atoms with Gasteiger partial charge in [0.2, 0.25) is 0 Å². The fraction of sp³-hybridized carbons (Fsp3) is 0.200. The Labute approximate surface area is 151 Å². The third-order valence-corrected chi connectivity index (χ3v) is 4.07. The van der Waals surface area contributed by atoms with Crippen molar-refractivity contribution in [3.05, 3.63) is 59.7 Å². The lowest BCUT2D eigenvalue weighted by atomic mass is 10.1. The molecular formula is C20H19N3O3. The van der Waals surface area contributed by atoms with Crippen LogP contribution in [0.3, 0.4) is 0 Å². The Hall–Kier alpha value is -3.30. The van der Waals surface area contributed by atoms with E-state index in [-0.39, 0.29) is 11.3 Å². The number of aromatic hydroxyl groups is 1. The first kappa shape index (κ1) is 17.5. The number of nitriles is 1. The summed E-state index contributed by atoms with van der Waals surface area (Å²) in [4.78, 5) is 14.5. The number of phenolic OH excluding ortho intramolecular Hbond substituents is 1. The van der Waals surface area contributed by atoms with Crippen molar-refractivity contribution in [3.63, 3.8) is 0 Å². The maximum Gasteiger partial charge on any atom is 0.266 e. The van der Waals surface area contributed by atoms with Gasteiger partial charge in [-0.25, -0.2) is 0 Å². The fourth-order valence-electron chi connectivity index (χ4n) is 2.66. The average Bonchev–Trinajstić information content (AvgIpc) is 2.69. The molecule has 1 aliphatic rings. The minimum absolute atomic E-state index is 0.0113. The number of amides is 1. The van der Waals surface area contributed by atoms with Crippen LogP contribution >= 0.6 is 0 Å². The summed E-state index contributed by atoms with van der Waals surface area (Å²) >= 11 is 0. The van der Waals surface area contributed by atoms with Gasteiger partial charge in [-0.2, -0.15) is 5.26 Å². The molecule has 1 amide bonds. The molecule has 1 saturated heterocycles. The van der Waals surface area contributed by atoms with Crippen LogP contribution in [0.4, 0.5) is 11.4 Å². The molecule has 2 N–H and O–H groups in total. The third kappa shape index (κ3) is 4.41. The molecule has 0 unspecified atom stereocenters. The Balaban J connectivity index is 1.70. The molecule has 1 fully saturated rings. The topological polar surface area (TPSA) is 85.6 Å². The summed E-state index contributed by atoms with van der Waals surface area (Å²) in [5.41, 5.74) is 2.39. The fourth-order valence-corrected chi connectivity index (χ4v) is 2.66. The Morgan fingerprint density at radius 2 is 1.77 bits per heavy atom. The lowest BCUT2D eigenvalue weighted by Gasteiger charge is -2.28. The minimum atomic E-state index is -0.490. The second-order valence-electron chi connectivity index (χ2n) is 5.86. The summed E-state index contributed by atoms with van der Waals surface area (Å²) in [6, 6.07) is 15.7. The normalized spacial score (nSPS) is 14.6. The van der Waals surface area contributed by atoms with E-state index in [1.165, 1.54) is 12.1 Å². The predicted octanol–water partition coefficient (Wildman–Crippen LogP) is 2.77. The van der Waals surface area contributed by atoms with Gasteiger partial charge in [-0.1, -0.05) is 12.1 Å². The number of carbonyl (C=O) groups is 1. The summed E-state index contributed by atoms with van der Waals surface area (Å²) in [7, 11) is 0. The van der Waals surface area contributed by atoms with Gasteiger partial charge in [0.15, 0.2) is 0 Å². The number of hydrogen-bond acceptors (Lipinski definition) is 5. The van der Waals surface area contributed by atoms with E-state index in [1.54, 1.807) is 18.2 Å². The van der Waals surface area contributed by atoms with Crippen molar-refractivity contribution in [2.75, 3.05) is 36.5 Å². The smallest absolute Gasteiger partial charge is 0.266 e. The van der Waals surface area contributed by atoms with Crippen LogP contribution in [0, 0.1) is 11.3 Å². The number of benzene rings is 2. The molecule has 0 aliphatic carbocycles. The molecule has 0 saturated carbocycles. The van der Waals surface area contributed by atoms with E-state index in [1.807, 2.05) is 30.3 Å². The van der Waals surface area contributed by atoms with Crippen LogP contribution in [0.5, 0.6) is 5.75 Å². The summed E-state index contributed by atoms with van der Waals surface area (Å²) in [6.45, 7) is 3.15.